The van der Waals surface area contributed by atoms with E-state index in [1.165, 1.54) is 0 Å². The van der Waals surface area contributed by atoms with Crippen LogP contribution in [0.15, 0.2) is 18.2 Å². The molecule has 66 valence electrons. The molecular weight excluding hydrogens is 154 g/mol. The summed E-state index contributed by atoms with van der Waals surface area (Å²) in [5.41, 5.74) is 6.05. The molecule has 0 spiro atoms. The van der Waals surface area contributed by atoms with Crippen molar-refractivity contribution in [2.24, 2.45) is 0 Å². The molecule has 0 bridgehead atoms. The van der Waals surface area contributed by atoms with E-state index in [1.54, 1.807) is 18.2 Å². The maximum absolute atomic E-state index is 9.34. The monoisotopic (exact) mass is 167 g/mol. The molecule has 0 aromatic heterocycles. The van der Waals surface area contributed by atoms with Crippen LogP contribution in [0.25, 0.3) is 0 Å². The van der Waals surface area contributed by atoms with Gasteiger partial charge in [0.05, 0.1) is 11.8 Å². The third kappa shape index (κ3) is 1.81. The van der Waals surface area contributed by atoms with E-state index in [2.05, 4.69) is 0 Å². The van der Waals surface area contributed by atoms with Crippen LogP contribution >= 0.6 is 0 Å². The molecule has 3 N–H and O–H groups in total. The van der Waals surface area contributed by atoms with Crippen LogP contribution in [-0.4, -0.2) is 11.2 Å². The Bertz CT molecular complexity index is 251. The highest BCUT2D eigenvalue weighted by Gasteiger charge is 2.07. The van der Waals surface area contributed by atoms with E-state index in [-0.39, 0.29) is 11.9 Å². The van der Waals surface area contributed by atoms with Gasteiger partial charge in [-0.2, -0.15) is 0 Å². The number of nitrogen functional groups attached to an aromatic ring is 1. The fourth-order valence-electron chi connectivity index (χ4n) is 0.906. The molecule has 3 nitrogen and oxygen atoms in total. The molecule has 1 aromatic rings. The molecule has 0 unspecified atom stereocenters. The minimum Gasteiger partial charge on any atom is -0.504 e. The zero-order chi connectivity index (χ0) is 9.14. The van der Waals surface area contributed by atoms with Gasteiger partial charge in [-0.05, 0) is 26.0 Å². The van der Waals surface area contributed by atoms with Crippen molar-refractivity contribution in [3.8, 4) is 11.5 Å². The number of rotatable bonds is 2. The summed E-state index contributed by atoms with van der Waals surface area (Å²) in [5, 5.41) is 9.34. The molecule has 0 fully saturated rings. The van der Waals surface area contributed by atoms with Gasteiger partial charge in [-0.3, -0.25) is 0 Å². The predicted octanol–water partition coefficient (Wildman–Crippen LogP) is 1.76. The number of nitrogens with two attached hydrogens (primary N) is 1. The van der Waals surface area contributed by atoms with E-state index in [0.29, 0.717) is 11.4 Å². The van der Waals surface area contributed by atoms with E-state index in [9.17, 15) is 5.11 Å². The lowest BCUT2D eigenvalue weighted by Gasteiger charge is -2.12. The number of ether oxygens (including phenoxy) is 1. The topological polar surface area (TPSA) is 55.5 Å². The van der Waals surface area contributed by atoms with Crippen LogP contribution in [0.4, 0.5) is 5.69 Å². The minimum absolute atomic E-state index is 0.0144. The standard InChI is InChI=1S/C9H13NO2/c1-6(2)12-9-7(10)4-3-5-8(9)11/h3-6,11H,10H2,1-2H3. The fourth-order valence-corrected chi connectivity index (χ4v) is 0.906. The maximum atomic E-state index is 9.34. The number of phenolic OH excluding ortho intramolecular Hbond substituents is 1. The van der Waals surface area contributed by atoms with Crippen molar-refractivity contribution in [1.82, 2.24) is 0 Å². The highest BCUT2D eigenvalue weighted by molar-refractivity contribution is 5.59. The number of hydrogen-bond acceptors (Lipinski definition) is 3. The van der Waals surface area contributed by atoms with Crippen molar-refractivity contribution < 1.29 is 9.84 Å². The van der Waals surface area contributed by atoms with Crippen LogP contribution in [0.2, 0.25) is 0 Å². The summed E-state index contributed by atoms with van der Waals surface area (Å²) in [7, 11) is 0. The van der Waals surface area contributed by atoms with Gasteiger partial charge in [0.1, 0.15) is 0 Å². The van der Waals surface area contributed by atoms with Crippen LogP contribution < -0.4 is 10.5 Å². The molecule has 0 atom stereocenters. The second kappa shape index (κ2) is 3.34. The molecule has 0 heterocycles. The summed E-state index contributed by atoms with van der Waals surface area (Å²) in [6.07, 6.45) is 0.0144. The lowest BCUT2D eigenvalue weighted by molar-refractivity contribution is 0.233. The summed E-state index contributed by atoms with van der Waals surface area (Å²) in [4.78, 5) is 0. The summed E-state index contributed by atoms with van der Waals surface area (Å²) in [6, 6.07) is 4.92. The largest absolute Gasteiger partial charge is 0.504 e. The Kier molecular flexibility index (Phi) is 2.43. The SMILES string of the molecule is CC(C)Oc1c(N)cccc1O. The number of hydrogen-bond donors (Lipinski definition) is 2. The predicted molar refractivity (Wildman–Crippen MR) is 48.3 cm³/mol. The molecule has 0 saturated heterocycles. The summed E-state index contributed by atoms with van der Waals surface area (Å²) < 4.78 is 5.30. The summed E-state index contributed by atoms with van der Waals surface area (Å²) in [6.45, 7) is 3.76. The first-order chi connectivity index (χ1) is 5.61. The highest BCUT2D eigenvalue weighted by Crippen LogP contribution is 2.32. The number of para-hydroxylation sites is 1. The molecule has 0 amide bonds. The van der Waals surface area contributed by atoms with Crippen molar-refractivity contribution in [2.45, 2.75) is 20.0 Å². The Morgan fingerprint density at radius 3 is 2.58 bits per heavy atom. The van der Waals surface area contributed by atoms with Crippen molar-refractivity contribution in [3.05, 3.63) is 18.2 Å². The zero-order valence-corrected chi connectivity index (χ0v) is 7.24. The van der Waals surface area contributed by atoms with Gasteiger partial charge in [0.2, 0.25) is 0 Å². The summed E-state index contributed by atoms with van der Waals surface area (Å²) in [5.74, 6) is 0.455. The second-order valence-electron chi connectivity index (χ2n) is 2.86. The van der Waals surface area contributed by atoms with Crippen molar-refractivity contribution >= 4 is 5.69 Å². The zero-order valence-electron chi connectivity index (χ0n) is 7.24. The molecule has 3 heteroatoms. The average molecular weight is 167 g/mol. The number of benzene rings is 1. The Labute approximate surface area is 71.8 Å². The van der Waals surface area contributed by atoms with Gasteiger partial charge in [-0.15, -0.1) is 0 Å². The molecule has 1 rings (SSSR count). The van der Waals surface area contributed by atoms with E-state index in [0.717, 1.165) is 0 Å². The first-order valence-corrected chi connectivity index (χ1v) is 3.85. The fraction of sp³-hybridized carbons (Fsp3) is 0.333. The number of phenols is 1. The third-order valence-electron chi connectivity index (χ3n) is 1.38. The van der Waals surface area contributed by atoms with Gasteiger partial charge < -0.3 is 15.6 Å². The highest BCUT2D eigenvalue weighted by atomic mass is 16.5. The maximum Gasteiger partial charge on any atom is 0.184 e. The van der Waals surface area contributed by atoms with Gasteiger partial charge in [0, 0.05) is 0 Å². The van der Waals surface area contributed by atoms with Gasteiger partial charge in [-0.25, -0.2) is 0 Å². The van der Waals surface area contributed by atoms with Crippen LogP contribution in [0.1, 0.15) is 13.8 Å². The second-order valence-corrected chi connectivity index (χ2v) is 2.86. The van der Waals surface area contributed by atoms with Crippen molar-refractivity contribution in [2.75, 3.05) is 5.73 Å². The van der Waals surface area contributed by atoms with Gasteiger partial charge in [0.25, 0.3) is 0 Å². The first kappa shape index (κ1) is 8.71. The third-order valence-corrected chi connectivity index (χ3v) is 1.38. The van der Waals surface area contributed by atoms with Gasteiger partial charge >= 0.3 is 0 Å². The molecule has 1 aromatic carbocycles. The average Bonchev–Trinajstić information content (AvgIpc) is 1.97. The molecule has 0 aliphatic carbocycles. The Morgan fingerprint density at radius 2 is 2.08 bits per heavy atom. The summed E-state index contributed by atoms with van der Waals surface area (Å²) >= 11 is 0. The molecule has 0 radical (unpaired) electrons. The van der Waals surface area contributed by atoms with Crippen molar-refractivity contribution in [3.63, 3.8) is 0 Å². The van der Waals surface area contributed by atoms with Crippen LogP contribution in [0.5, 0.6) is 11.5 Å². The molecule has 12 heavy (non-hydrogen) atoms. The lowest BCUT2D eigenvalue weighted by atomic mass is 10.3. The molecule has 0 saturated carbocycles. The minimum atomic E-state index is 0.0144. The normalized spacial score (nSPS) is 10.2. The quantitative estimate of drug-likeness (QED) is 0.660. The van der Waals surface area contributed by atoms with Gasteiger partial charge in [0.15, 0.2) is 11.5 Å². The van der Waals surface area contributed by atoms with E-state index < -0.39 is 0 Å². The molecule has 0 aliphatic rings. The van der Waals surface area contributed by atoms with Crippen LogP contribution in [0.3, 0.4) is 0 Å². The van der Waals surface area contributed by atoms with Crippen LogP contribution in [0, 0.1) is 0 Å². The Balaban J connectivity index is 2.96. The molecule has 0 aliphatic heterocycles. The first-order valence-electron chi connectivity index (χ1n) is 3.85. The van der Waals surface area contributed by atoms with Crippen LogP contribution in [-0.2, 0) is 0 Å². The van der Waals surface area contributed by atoms with E-state index >= 15 is 0 Å². The molecular formula is C9H13NO2. The number of aromatic hydroxyl groups is 1. The van der Waals surface area contributed by atoms with E-state index in [1.807, 2.05) is 13.8 Å². The Morgan fingerprint density at radius 1 is 1.42 bits per heavy atom. The Hall–Kier alpha value is -1.38. The lowest BCUT2D eigenvalue weighted by Crippen LogP contribution is -2.07. The smallest absolute Gasteiger partial charge is 0.184 e. The van der Waals surface area contributed by atoms with Gasteiger partial charge in [-0.1, -0.05) is 6.07 Å². The van der Waals surface area contributed by atoms with Crippen molar-refractivity contribution in [1.29, 1.82) is 0 Å². The van der Waals surface area contributed by atoms with E-state index in [4.69, 9.17) is 10.5 Å². The number of anilines is 1.